The maximum absolute atomic E-state index is 13.4. The summed E-state index contributed by atoms with van der Waals surface area (Å²) in [6.07, 6.45) is 13.5. The molecule has 0 radical (unpaired) electrons. The first-order valence-electron chi connectivity index (χ1n) is 12.9. The van der Waals surface area contributed by atoms with Crippen LogP contribution in [0.1, 0.15) is 52.0 Å². The van der Waals surface area contributed by atoms with Crippen LogP contribution in [-0.4, -0.2) is 45.6 Å². The van der Waals surface area contributed by atoms with Crippen molar-refractivity contribution in [1.29, 1.82) is 0 Å². The number of nitrogens with one attached hydrogen (secondary N) is 1. The van der Waals surface area contributed by atoms with E-state index in [1.807, 2.05) is 52.2 Å². The van der Waals surface area contributed by atoms with Gasteiger partial charge in [-0.25, -0.2) is 4.99 Å². The van der Waals surface area contributed by atoms with E-state index >= 15 is 0 Å². The van der Waals surface area contributed by atoms with Crippen LogP contribution in [0, 0.1) is 0 Å². The van der Waals surface area contributed by atoms with E-state index in [0.717, 1.165) is 78.6 Å². The summed E-state index contributed by atoms with van der Waals surface area (Å²) >= 11 is 1.62. The summed E-state index contributed by atoms with van der Waals surface area (Å²) in [5.41, 5.74) is 4.42. The van der Waals surface area contributed by atoms with E-state index in [0.29, 0.717) is 17.8 Å². The van der Waals surface area contributed by atoms with Crippen molar-refractivity contribution in [1.82, 2.24) is 14.5 Å². The molecule has 2 aliphatic rings. The number of amides is 2. The molecule has 4 heterocycles. The third-order valence-electron chi connectivity index (χ3n) is 7.20. The minimum atomic E-state index is -0.141. The summed E-state index contributed by atoms with van der Waals surface area (Å²) in [5, 5.41) is 4.78. The van der Waals surface area contributed by atoms with Crippen molar-refractivity contribution in [3.8, 4) is 0 Å². The lowest BCUT2D eigenvalue weighted by molar-refractivity contribution is -0.130. The van der Waals surface area contributed by atoms with Crippen LogP contribution in [0.15, 0.2) is 60.0 Å². The first-order valence-corrected chi connectivity index (χ1v) is 13.7. The number of aliphatic imine (C=N–C) groups is 1. The van der Waals surface area contributed by atoms with Gasteiger partial charge in [0.05, 0.1) is 17.4 Å². The zero-order valence-electron chi connectivity index (χ0n) is 20.7. The molecule has 1 aromatic carbocycles. The van der Waals surface area contributed by atoms with Gasteiger partial charge in [-0.3, -0.25) is 14.6 Å². The molecule has 0 saturated carbocycles. The number of hydrogen-bond acceptors (Lipinski definition) is 5. The highest BCUT2D eigenvalue weighted by atomic mass is 32.1. The molecular weight excluding hydrogens is 482 g/mol. The quantitative estimate of drug-likeness (QED) is 0.342. The summed E-state index contributed by atoms with van der Waals surface area (Å²) < 4.78 is 2.02. The Hall–Kier alpha value is -3.78. The number of benzene rings is 1. The molecule has 6 rings (SSSR count). The van der Waals surface area contributed by atoms with E-state index < -0.39 is 0 Å². The highest BCUT2D eigenvalue weighted by Crippen LogP contribution is 2.40. The van der Waals surface area contributed by atoms with Gasteiger partial charge >= 0.3 is 0 Å². The number of pyridine rings is 1. The topological polar surface area (TPSA) is 79.6 Å². The number of anilines is 1. The molecule has 1 N–H and O–H groups in total. The number of fused-ring (bicyclic) bond motifs is 2. The van der Waals surface area contributed by atoms with Crippen LogP contribution in [-0.2, 0) is 24.2 Å². The average molecular weight is 512 g/mol. The lowest BCUT2D eigenvalue weighted by atomic mass is 9.95. The van der Waals surface area contributed by atoms with Crippen LogP contribution in [0.5, 0.6) is 0 Å². The average Bonchev–Trinajstić information content (AvgIpc) is 3.66. The predicted molar refractivity (Wildman–Crippen MR) is 148 cm³/mol. The zero-order chi connectivity index (χ0) is 25.2. The van der Waals surface area contributed by atoms with E-state index in [1.54, 1.807) is 23.7 Å². The third-order valence-corrected chi connectivity index (χ3v) is 8.40. The molecule has 4 aromatic rings. The Labute approximate surface area is 219 Å². The maximum Gasteiger partial charge on any atom is 0.259 e. The van der Waals surface area contributed by atoms with Crippen molar-refractivity contribution in [2.24, 2.45) is 4.99 Å². The number of hydrogen-bond donors (Lipinski definition) is 1. The van der Waals surface area contributed by atoms with Gasteiger partial charge in [-0.2, -0.15) is 0 Å². The Bertz CT molecular complexity index is 1480. The second-order valence-electron chi connectivity index (χ2n) is 9.66. The first-order chi connectivity index (χ1) is 18.2. The van der Waals surface area contributed by atoms with Gasteiger partial charge in [-0.15, -0.1) is 11.3 Å². The van der Waals surface area contributed by atoms with Crippen molar-refractivity contribution in [2.75, 3.05) is 18.4 Å². The molecule has 7 nitrogen and oxygen atoms in total. The molecule has 0 bridgehead atoms. The molecule has 1 fully saturated rings. The lowest BCUT2D eigenvalue weighted by Crippen LogP contribution is -2.30. The van der Waals surface area contributed by atoms with Crippen molar-refractivity contribution >= 4 is 51.0 Å². The number of rotatable bonds is 6. The van der Waals surface area contributed by atoms with Crippen molar-refractivity contribution < 1.29 is 9.59 Å². The molecule has 37 heavy (non-hydrogen) atoms. The third kappa shape index (κ3) is 4.81. The number of likely N-dealkylation sites (tertiary alicyclic amines) is 1. The standard InChI is InChI=1S/C29H29N5O2S/c35-26(33-14-5-6-15-33)19-34-18-20(22-9-1-3-11-24(22)34)16-31-29-27(23-10-2-4-12-25(23)37-29)28(36)32-21-8-7-13-30-17-21/h1,3,7-9,11,13,16-18H,2,4-6,10,12,14-15,19H2,(H,32,36). The SMILES string of the molecule is O=C(Nc1cccnc1)c1c(N=Cc2cn(CC(=O)N3CCCC3)c3ccccc23)sc2c1CCCC2. The van der Waals surface area contributed by atoms with E-state index in [1.165, 1.54) is 4.88 Å². The molecule has 8 heteroatoms. The minimum absolute atomic E-state index is 0.141. The summed E-state index contributed by atoms with van der Waals surface area (Å²) in [6, 6.07) is 11.7. The van der Waals surface area contributed by atoms with Crippen LogP contribution in [0.4, 0.5) is 10.7 Å². The van der Waals surface area contributed by atoms with Crippen molar-refractivity contribution in [3.05, 3.63) is 76.6 Å². The summed E-state index contributed by atoms with van der Waals surface area (Å²) in [6.45, 7) is 2.01. The lowest BCUT2D eigenvalue weighted by Gasteiger charge is -2.15. The fourth-order valence-corrected chi connectivity index (χ4v) is 6.59. The molecule has 3 aromatic heterocycles. The van der Waals surface area contributed by atoms with Gasteiger partial charge in [-0.1, -0.05) is 18.2 Å². The molecule has 188 valence electrons. The normalized spacial score (nSPS) is 15.4. The Kier molecular flexibility index (Phi) is 6.57. The zero-order valence-corrected chi connectivity index (χ0v) is 21.5. The molecular formula is C29H29N5O2S. The largest absolute Gasteiger partial charge is 0.341 e. The van der Waals surface area contributed by atoms with Gasteiger partial charge in [0, 0.05) is 53.0 Å². The van der Waals surface area contributed by atoms with Crippen LogP contribution in [0.3, 0.4) is 0 Å². The van der Waals surface area contributed by atoms with Crippen LogP contribution < -0.4 is 5.32 Å². The summed E-state index contributed by atoms with van der Waals surface area (Å²) in [4.78, 5) is 38.4. The molecule has 0 unspecified atom stereocenters. The monoisotopic (exact) mass is 511 g/mol. The maximum atomic E-state index is 13.4. The van der Waals surface area contributed by atoms with Crippen LogP contribution in [0.25, 0.3) is 10.9 Å². The highest BCUT2D eigenvalue weighted by molar-refractivity contribution is 7.16. The highest BCUT2D eigenvalue weighted by Gasteiger charge is 2.25. The fourth-order valence-electron chi connectivity index (χ4n) is 5.36. The van der Waals surface area contributed by atoms with E-state index in [2.05, 4.69) is 16.4 Å². The molecule has 0 spiro atoms. The Morgan fingerprint density at radius 1 is 1.05 bits per heavy atom. The van der Waals surface area contributed by atoms with E-state index in [-0.39, 0.29) is 11.8 Å². The fraction of sp³-hybridized carbons (Fsp3) is 0.310. The van der Waals surface area contributed by atoms with Gasteiger partial charge in [0.25, 0.3) is 5.91 Å². The molecule has 0 atom stereocenters. The second-order valence-corrected chi connectivity index (χ2v) is 10.7. The van der Waals surface area contributed by atoms with Crippen molar-refractivity contribution in [3.63, 3.8) is 0 Å². The first kappa shape index (κ1) is 23.6. The molecule has 1 saturated heterocycles. The second kappa shape index (κ2) is 10.3. The summed E-state index contributed by atoms with van der Waals surface area (Å²) in [7, 11) is 0. The smallest absolute Gasteiger partial charge is 0.259 e. The van der Waals surface area contributed by atoms with Crippen molar-refractivity contribution in [2.45, 2.75) is 45.1 Å². The minimum Gasteiger partial charge on any atom is -0.341 e. The van der Waals surface area contributed by atoms with Crippen LogP contribution >= 0.6 is 11.3 Å². The van der Waals surface area contributed by atoms with Gasteiger partial charge in [-0.05, 0) is 62.3 Å². The molecule has 1 aliphatic carbocycles. The molecule has 2 amide bonds. The Balaban J connectivity index is 1.33. The van der Waals surface area contributed by atoms with Gasteiger partial charge in [0.15, 0.2) is 0 Å². The van der Waals surface area contributed by atoms with Gasteiger partial charge in [0.2, 0.25) is 5.91 Å². The van der Waals surface area contributed by atoms with Gasteiger partial charge < -0.3 is 14.8 Å². The predicted octanol–water partition coefficient (Wildman–Crippen LogP) is 5.60. The number of carbonyl (C=O) groups excluding carboxylic acids is 2. The van der Waals surface area contributed by atoms with Crippen LogP contribution in [0.2, 0.25) is 0 Å². The Morgan fingerprint density at radius 2 is 1.89 bits per heavy atom. The number of aromatic nitrogens is 2. The number of nitrogens with zero attached hydrogens (tertiary/aromatic N) is 4. The van der Waals surface area contributed by atoms with Gasteiger partial charge in [0.1, 0.15) is 11.5 Å². The molecule has 1 aliphatic heterocycles. The summed E-state index contributed by atoms with van der Waals surface area (Å²) in [5.74, 6) is 0.0141. The number of aryl methyl sites for hydroxylation is 1. The van der Waals surface area contributed by atoms with E-state index in [9.17, 15) is 9.59 Å². The van der Waals surface area contributed by atoms with E-state index in [4.69, 9.17) is 4.99 Å². The number of para-hydroxylation sites is 1. The number of thiophene rings is 1. The number of carbonyl (C=O) groups is 2. The Morgan fingerprint density at radius 3 is 2.73 bits per heavy atom.